The van der Waals surface area contributed by atoms with Gasteiger partial charge in [-0.05, 0) is 6.92 Å². The molecule has 3 rings (SSSR count). The van der Waals surface area contributed by atoms with E-state index in [2.05, 4.69) is 0 Å². The van der Waals surface area contributed by atoms with Gasteiger partial charge in [0.1, 0.15) is 12.7 Å². The highest BCUT2D eigenvalue weighted by molar-refractivity contribution is 5.86. The van der Waals surface area contributed by atoms with E-state index in [1.54, 1.807) is 0 Å². The molecule has 0 spiro atoms. The minimum absolute atomic E-state index is 0.0356. The summed E-state index contributed by atoms with van der Waals surface area (Å²) in [6.07, 6.45) is -1.34. The largest absolute Gasteiger partial charge is 0.368 e. The van der Waals surface area contributed by atoms with Gasteiger partial charge in [-0.1, -0.05) is 30.3 Å². The lowest BCUT2D eigenvalue weighted by atomic mass is 10.0. The molecule has 0 radical (unpaired) electrons. The lowest BCUT2D eigenvalue weighted by Crippen LogP contribution is -2.47. The Kier molecular flexibility index (Phi) is 2.70. The van der Waals surface area contributed by atoms with Crippen LogP contribution in [0.2, 0.25) is 0 Å². The fraction of sp³-hybridized carbons (Fsp3) is 0.462. The predicted molar refractivity (Wildman–Crippen MR) is 59.4 cm³/mol. The Morgan fingerprint density at radius 2 is 1.94 bits per heavy atom. The van der Waals surface area contributed by atoms with Crippen LogP contribution >= 0.6 is 0 Å². The Morgan fingerprint density at radius 3 is 2.65 bits per heavy atom. The summed E-state index contributed by atoms with van der Waals surface area (Å²) >= 11 is 0. The molecule has 4 atom stereocenters. The molecule has 90 valence electrons. The maximum atomic E-state index is 11.7. The van der Waals surface area contributed by atoms with Crippen molar-refractivity contribution in [1.29, 1.82) is 0 Å². The van der Waals surface area contributed by atoms with Gasteiger partial charge in [-0.2, -0.15) is 0 Å². The number of ketones is 1. The minimum atomic E-state index is -0.482. The molecule has 2 aliphatic rings. The van der Waals surface area contributed by atoms with E-state index in [9.17, 15) is 4.79 Å². The van der Waals surface area contributed by atoms with Crippen LogP contribution in [0.3, 0.4) is 0 Å². The van der Waals surface area contributed by atoms with Gasteiger partial charge in [0.05, 0.1) is 6.10 Å². The summed E-state index contributed by atoms with van der Waals surface area (Å²) in [5, 5.41) is 0. The highest BCUT2D eigenvalue weighted by Gasteiger charge is 2.47. The van der Waals surface area contributed by atoms with Crippen LogP contribution in [-0.2, 0) is 19.0 Å². The SMILES string of the molecule is C[C@H]1OCC(=O)[C@H]2OC(c3ccccc3)O[C@H]21. The van der Waals surface area contributed by atoms with Crippen LogP contribution in [0, 0.1) is 0 Å². The first kappa shape index (κ1) is 10.9. The molecule has 0 bridgehead atoms. The fourth-order valence-electron chi connectivity index (χ4n) is 2.23. The molecular weight excluding hydrogens is 220 g/mol. The molecule has 0 aliphatic carbocycles. The van der Waals surface area contributed by atoms with E-state index in [0.717, 1.165) is 5.56 Å². The number of ether oxygens (including phenoxy) is 3. The van der Waals surface area contributed by atoms with Crippen LogP contribution in [0.5, 0.6) is 0 Å². The molecule has 0 saturated carbocycles. The molecule has 4 heteroatoms. The maximum absolute atomic E-state index is 11.7. The molecule has 1 aromatic rings. The predicted octanol–water partition coefficient (Wildman–Crippen LogP) is 1.46. The Balaban J connectivity index is 1.82. The van der Waals surface area contributed by atoms with E-state index in [1.165, 1.54) is 0 Å². The number of Topliss-reactive ketones (excluding diaryl/α,β-unsaturated/α-hetero) is 1. The summed E-state index contributed by atoms with van der Waals surface area (Å²) < 4.78 is 16.8. The quantitative estimate of drug-likeness (QED) is 0.738. The number of hydrogen-bond donors (Lipinski definition) is 0. The first-order chi connectivity index (χ1) is 8.25. The third-order valence-electron chi connectivity index (χ3n) is 3.19. The van der Waals surface area contributed by atoms with Gasteiger partial charge in [-0.15, -0.1) is 0 Å². The van der Waals surface area contributed by atoms with Gasteiger partial charge in [-0.3, -0.25) is 4.79 Å². The lowest BCUT2D eigenvalue weighted by Gasteiger charge is -2.27. The average Bonchev–Trinajstić information content (AvgIpc) is 2.81. The van der Waals surface area contributed by atoms with Gasteiger partial charge < -0.3 is 14.2 Å². The summed E-state index contributed by atoms with van der Waals surface area (Å²) in [7, 11) is 0. The van der Waals surface area contributed by atoms with Gasteiger partial charge in [0.2, 0.25) is 0 Å². The number of carbonyl (C=O) groups is 1. The summed E-state index contributed by atoms with van der Waals surface area (Å²) in [6.45, 7) is 2.02. The zero-order valence-corrected chi connectivity index (χ0v) is 9.54. The standard InChI is InChI=1S/C13H14O4/c1-8-11-12(10(14)7-15-8)17-13(16-11)9-5-3-2-4-6-9/h2-6,8,11-13H,7H2,1H3/t8-,11+,12-,13?/m1/s1. The molecule has 2 saturated heterocycles. The average molecular weight is 234 g/mol. The molecule has 4 nitrogen and oxygen atoms in total. The molecule has 1 aromatic carbocycles. The molecule has 0 aromatic heterocycles. The highest BCUT2D eigenvalue weighted by Crippen LogP contribution is 2.35. The van der Waals surface area contributed by atoms with Crippen LogP contribution in [0.15, 0.2) is 30.3 Å². The summed E-state index contributed by atoms with van der Waals surface area (Å²) in [6, 6.07) is 9.63. The third-order valence-corrected chi connectivity index (χ3v) is 3.19. The first-order valence-electron chi connectivity index (χ1n) is 5.76. The number of rotatable bonds is 1. The second-order valence-corrected chi connectivity index (χ2v) is 4.38. The van der Waals surface area contributed by atoms with E-state index in [4.69, 9.17) is 14.2 Å². The van der Waals surface area contributed by atoms with E-state index < -0.39 is 12.4 Å². The van der Waals surface area contributed by atoms with Crippen molar-refractivity contribution in [3.63, 3.8) is 0 Å². The normalized spacial score (nSPS) is 36.9. The van der Waals surface area contributed by atoms with Crippen LogP contribution in [0.1, 0.15) is 18.8 Å². The Morgan fingerprint density at radius 1 is 1.18 bits per heavy atom. The zero-order valence-electron chi connectivity index (χ0n) is 9.54. The zero-order chi connectivity index (χ0) is 11.8. The molecule has 0 amide bonds. The van der Waals surface area contributed by atoms with Gasteiger partial charge in [0.25, 0.3) is 0 Å². The molecule has 2 heterocycles. The summed E-state index contributed by atoms with van der Waals surface area (Å²) in [5.74, 6) is -0.0356. The third kappa shape index (κ3) is 1.88. The van der Waals surface area contributed by atoms with E-state index >= 15 is 0 Å². The highest BCUT2D eigenvalue weighted by atomic mass is 16.7. The number of benzene rings is 1. The minimum Gasteiger partial charge on any atom is -0.368 e. The Hall–Kier alpha value is -1.23. The van der Waals surface area contributed by atoms with Crippen molar-refractivity contribution < 1.29 is 19.0 Å². The van der Waals surface area contributed by atoms with Crippen molar-refractivity contribution in [2.75, 3.05) is 6.61 Å². The molecule has 2 fully saturated rings. The monoisotopic (exact) mass is 234 g/mol. The first-order valence-corrected chi connectivity index (χ1v) is 5.76. The van der Waals surface area contributed by atoms with Crippen molar-refractivity contribution in [1.82, 2.24) is 0 Å². The van der Waals surface area contributed by atoms with Crippen LogP contribution < -0.4 is 0 Å². The van der Waals surface area contributed by atoms with Crippen LogP contribution in [0.25, 0.3) is 0 Å². The van der Waals surface area contributed by atoms with E-state index in [1.807, 2.05) is 37.3 Å². The topological polar surface area (TPSA) is 44.8 Å². The maximum Gasteiger partial charge on any atom is 0.190 e. The van der Waals surface area contributed by atoms with Gasteiger partial charge in [0.15, 0.2) is 18.2 Å². The van der Waals surface area contributed by atoms with Gasteiger partial charge in [-0.25, -0.2) is 0 Å². The van der Waals surface area contributed by atoms with Crippen molar-refractivity contribution in [3.8, 4) is 0 Å². The van der Waals surface area contributed by atoms with Gasteiger partial charge >= 0.3 is 0 Å². The Bertz CT molecular complexity index is 417. The number of carbonyl (C=O) groups excluding carboxylic acids is 1. The molecule has 17 heavy (non-hydrogen) atoms. The smallest absolute Gasteiger partial charge is 0.190 e. The van der Waals surface area contributed by atoms with Gasteiger partial charge in [0, 0.05) is 5.56 Å². The molecule has 1 unspecified atom stereocenters. The second-order valence-electron chi connectivity index (χ2n) is 4.38. The summed E-state index contributed by atoms with van der Waals surface area (Å²) in [5.41, 5.74) is 0.932. The van der Waals surface area contributed by atoms with E-state index in [0.29, 0.717) is 0 Å². The molecule has 0 N–H and O–H groups in total. The van der Waals surface area contributed by atoms with Crippen molar-refractivity contribution >= 4 is 5.78 Å². The fourth-order valence-corrected chi connectivity index (χ4v) is 2.23. The molecular formula is C13H14O4. The lowest BCUT2D eigenvalue weighted by molar-refractivity contribution is -0.147. The Labute approximate surface area is 99.5 Å². The molecule has 2 aliphatic heterocycles. The van der Waals surface area contributed by atoms with Crippen LogP contribution in [0.4, 0.5) is 0 Å². The van der Waals surface area contributed by atoms with Crippen molar-refractivity contribution in [2.24, 2.45) is 0 Å². The number of hydrogen-bond acceptors (Lipinski definition) is 4. The van der Waals surface area contributed by atoms with Crippen molar-refractivity contribution in [3.05, 3.63) is 35.9 Å². The summed E-state index contributed by atoms with van der Waals surface area (Å²) in [4.78, 5) is 11.7. The second kappa shape index (κ2) is 4.22. The van der Waals surface area contributed by atoms with Crippen molar-refractivity contribution in [2.45, 2.75) is 31.5 Å². The van der Waals surface area contributed by atoms with E-state index in [-0.39, 0.29) is 24.6 Å². The van der Waals surface area contributed by atoms with Crippen LogP contribution in [-0.4, -0.2) is 30.7 Å². The number of fused-ring (bicyclic) bond motifs is 1.